The van der Waals surface area contributed by atoms with Gasteiger partial charge in [-0.1, -0.05) is 0 Å². The third-order valence-electron chi connectivity index (χ3n) is 2.22. The van der Waals surface area contributed by atoms with Crippen LogP contribution in [-0.2, 0) is 6.54 Å². The third kappa shape index (κ3) is 1.42. The van der Waals surface area contributed by atoms with Crippen molar-refractivity contribution < 1.29 is 5.11 Å². The van der Waals surface area contributed by atoms with Crippen LogP contribution < -0.4 is 5.73 Å². The highest BCUT2D eigenvalue weighted by molar-refractivity contribution is 5.86. The van der Waals surface area contributed by atoms with Crippen molar-refractivity contribution in [3.05, 3.63) is 35.7 Å². The number of phenols is 1. The Labute approximate surface area is 82.2 Å². The first-order valence-electron chi connectivity index (χ1n) is 4.50. The predicted molar refractivity (Wildman–Crippen MR) is 56.0 cm³/mol. The predicted octanol–water partition coefficient (Wildman–Crippen LogP) is 1.71. The molecule has 0 atom stereocenters. The van der Waals surface area contributed by atoms with E-state index in [4.69, 9.17) is 5.73 Å². The number of fused-ring (bicyclic) bond motifs is 1. The van der Waals surface area contributed by atoms with Crippen molar-refractivity contribution in [3.63, 3.8) is 0 Å². The first kappa shape index (κ1) is 8.97. The smallest absolute Gasteiger partial charge is 0.116 e. The molecule has 3 N–H and O–H groups in total. The highest BCUT2D eigenvalue weighted by Gasteiger charge is 2.02. The second-order valence-corrected chi connectivity index (χ2v) is 3.32. The van der Waals surface area contributed by atoms with E-state index in [1.165, 1.54) is 0 Å². The van der Waals surface area contributed by atoms with Gasteiger partial charge in [0, 0.05) is 17.6 Å². The summed E-state index contributed by atoms with van der Waals surface area (Å²) in [4.78, 5) is 4.34. The summed E-state index contributed by atoms with van der Waals surface area (Å²) < 4.78 is 0. The van der Waals surface area contributed by atoms with Gasteiger partial charge in [0.1, 0.15) is 5.75 Å². The summed E-state index contributed by atoms with van der Waals surface area (Å²) in [5, 5.41) is 11.3. The molecule has 3 nitrogen and oxygen atoms in total. The average Bonchev–Trinajstić information content (AvgIpc) is 2.15. The SMILES string of the molecule is Cc1cc2cc(O)ccc2c(CN)n1. The van der Waals surface area contributed by atoms with Gasteiger partial charge in [0.2, 0.25) is 0 Å². The van der Waals surface area contributed by atoms with Gasteiger partial charge < -0.3 is 10.8 Å². The number of aryl methyl sites for hydroxylation is 1. The Morgan fingerprint density at radius 1 is 1.36 bits per heavy atom. The molecule has 0 saturated carbocycles. The maximum absolute atomic E-state index is 9.33. The summed E-state index contributed by atoms with van der Waals surface area (Å²) in [6.45, 7) is 2.34. The molecule has 0 radical (unpaired) electrons. The van der Waals surface area contributed by atoms with E-state index in [1.807, 2.05) is 19.1 Å². The molecule has 0 amide bonds. The van der Waals surface area contributed by atoms with Crippen molar-refractivity contribution in [2.75, 3.05) is 0 Å². The zero-order valence-electron chi connectivity index (χ0n) is 7.99. The van der Waals surface area contributed by atoms with Crippen LogP contribution >= 0.6 is 0 Å². The van der Waals surface area contributed by atoms with Gasteiger partial charge in [-0.3, -0.25) is 4.98 Å². The molecular weight excluding hydrogens is 176 g/mol. The second kappa shape index (κ2) is 3.27. The lowest BCUT2D eigenvalue weighted by atomic mass is 10.1. The molecule has 0 aliphatic rings. The summed E-state index contributed by atoms with van der Waals surface area (Å²) >= 11 is 0. The molecule has 0 saturated heterocycles. The minimum atomic E-state index is 0.270. The van der Waals surface area contributed by atoms with Crippen LogP contribution in [0.3, 0.4) is 0 Å². The normalized spacial score (nSPS) is 10.7. The van der Waals surface area contributed by atoms with Crippen molar-refractivity contribution in [1.29, 1.82) is 0 Å². The molecule has 0 bridgehead atoms. The van der Waals surface area contributed by atoms with Crippen molar-refractivity contribution in [1.82, 2.24) is 4.98 Å². The zero-order chi connectivity index (χ0) is 10.1. The quantitative estimate of drug-likeness (QED) is 0.716. The van der Waals surface area contributed by atoms with Crippen molar-refractivity contribution in [2.45, 2.75) is 13.5 Å². The number of benzene rings is 1. The van der Waals surface area contributed by atoms with Crippen molar-refractivity contribution in [2.24, 2.45) is 5.73 Å². The fraction of sp³-hybridized carbons (Fsp3) is 0.182. The summed E-state index contributed by atoms with van der Waals surface area (Å²) in [6, 6.07) is 7.16. The van der Waals surface area contributed by atoms with Crippen LogP contribution in [0.15, 0.2) is 24.3 Å². The van der Waals surface area contributed by atoms with Gasteiger partial charge in [0.25, 0.3) is 0 Å². The second-order valence-electron chi connectivity index (χ2n) is 3.32. The molecule has 1 heterocycles. The van der Waals surface area contributed by atoms with E-state index < -0.39 is 0 Å². The molecule has 0 unspecified atom stereocenters. The fourth-order valence-electron chi connectivity index (χ4n) is 1.62. The average molecular weight is 188 g/mol. The van der Waals surface area contributed by atoms with Crippen LogP contribution in [0.25, 0.3) is 10.8 Å². The number of nitrogens with zero attached hydrogens (tertiary/aromatic N) is 1. The fourth-order valence-corrected chi connectivity index (χ4v) is 1.62. The number of aromatic hydroxyl groups is 1. The number of nitrogens with two attached hydrogens (primary N) is 1. The Hall–Kier alpha value is -1.61. The van der Waals surface area contributed by atoms with Crippen LogP contribution in [0, 0.1) is 6.92 Å². The van der Waals surface area contributed by atoms with Gasteiger partial charge in [-0.25, -0.2) is 0 Å². The van der Waals surface area contributed by atoms with E-state index in [9.17, 15) is 5.11 Å². The summed E-state index contributed by atoms with van der Waals surface area (Å²) in [5.74, 6) is 0.270. The molecule has 0 spiro atoms. The molecule has 14 heavy (non-hydrogen) atoms. The topological polar surface area (TPSA) is 59.1 Å². The molecule has 3 heteroatoms. The number of aromatic nitrogens is 1. The van der Waals surface area contributed by atoms with E-state index in [-0.39, 0.29) is 5.75 Å². The highest BCUT2D eigenvalue weighted by atomic mass is 16.3. The van der Waals surface area contributed by atoms with Crippen LogP contribution in [0.2, 0.25) is 0 Å². The number of hydrogen-bond donors (Lipinski definition) is 2. The van der Waals surface area contributed by atoms with Crippen molar-refractivity contribution >= 4 is 10.8 Å². The standard InChI is InChI=1S/C11H12N2O/c1-7-4-8-5-9(14)2-3-10(8)11(6-12)13-7/h2-5,14H,6,12H2,1H3. The van der Waals surface area contributed by atoms with Gasteiger partial charge in [-0.05, 0) is 36.6 Å². The van der Waals surface area contributed by atoms with E-state index in [0.717, 1.165) is 22.2 Å². The van der Waals surface area contributed by atoms with Crippen molar-refractivity contribution in [3.8, 4) is 5.75 Å². The minimum absolute atomic E-state index is 0.270. The molecule has 0 aliphatic carbocycles. The molecule has 2 aromatic rings. The highest BCUT2D eigenvalue weighted by Crippen LogP contribution is 2.22. The third-order valence-corrected chi connectivity index (χ3v) is 2.22. The Bertz CT molecular complexity index is 475. The van der Waals surface area contributed by atoms with Crippen LogP contribution in [0.1, 0.15) is 11.4 Å². The Morgan fingerprint density at radius 2 is 2.14 bits per heavy atom. The maximum Gasteiger partial charge on any atom is 0.116 e. The lowest BCUT2D eigenvalue weighted by Crippen LogP contribution is -2.01. The number of rotatable bonds is 1. The van der Waals surface area contributed by atoms with Gasteiger partial charge in [-0.2, -0.15) is 0 Å². The van der Waals surface area contributed by atoms with Crippen LogP contribution in [0.5, 0.6) is 5.75 Å². The lowest BCUT2D eigenvalue weighted by molar-refractivity contribution is 0.476. The number of phenolic OH excluding ortho intramolecular Hbond substituents is 1. The summed E-state index contributed by atoms with van der Waals surface area (Å²) in [6.07, 6.45) is 0. The largest absolute Gasteiger partial charge is 0.508 e. The van der Waals surface area contributed by atoms with Gasteiger partial charge >= 0.3 is 0 Å². The molecule has 72 valence electrons. The Balaban J connectivity index is 2.81. The van der Waals surface area contributed by atoms with E-state index >= 15 is 0 Å². The van der Waals surface area contributed by atoms with Gasteiger partial charge in [-0.15, -0.1) is 0 Å². The summed E-state index contributed by atoms with van der Waals surface area (Å²) in [5.41, 5.74) is 7.39. The Kier molecular flexibility index (Phi) is 2.09. The molecular formula is C11H12N2O. The molecule has 2 rings (SSSR count). The van der Waals surface area contributed by atoms with E-state index in [2.05, 4.69) is 4.98 Å². The molecule has 1 aromatic carbocycles. The van der Waals surface area contributed by atoms with Gasteiger partial charge in [0.15, 0.2) is 0 Å². The first-order valence-corrected chi connectivity index (χ1v) is 4.50. The number of hydrogen-bond acceptors (Lipinski definition) is 3. The van der Waals surface area contributed by atoms with E-state index in [0.29, 0.717) is 6.54 Å². The minimum Gasteiger partial charge on any atom is -0.508 e. The monoisotopic (exact) mass is 188 g/mol. The van der Waals surface area contributed by atoms with E-state index in [1.54, 1.807) is 12.1 Å². The zero-order valence-corrected chi connectivity index (χ0v) is 7.99. The van der Waals surface area contributed by atoms with Gasteiger partial charge in [0.05, 0.1) is 5.69 Å². The number of pyridine rings is 1. The molecule has 0 aliphatic heterocycles. The molecule has 0 fully saturated rings. The Morgan fingerprint density at radius 3 is 2.86 bits per heavy atom. The van der Waals surface area contributed by atoms with Crippen LogP contribution in [-0.4, -0.2) is 10.1 Å². The molecule has 1 aromatic heterocycles. The maximum atomic E-state index is 9.33. The van der Waals surface area contributed by atoms with Crippen LogP contribution in [0.4, 0.5) is 0 Å². The summed E-state index contributed by atoms with van der Waals surface area (Å²) in [7, 11) is 0. The lowest BCUT2D eigenvalue weighted by Gasteiger charge is -2.05. The first-order chi connectivity index (χ1) is 6.70.